The molecule has 2 aromatic carbocycles. The van der Waals surface area contributed by atoms with Crippen LogP contribution in [0, 0.1) is 5.92 Å². The number of carbonyl (C=O) groups excluding carboxylic acids is 2. The molecule has 8 nitrogen and oxygen atoms in total. The summed E-state index contributed by atoms with van der Waals surface area (Å²) in [6, 6.07) is 13.7. The highest BCUT2D eigenvalue weighted by atomic mass is 35.5. The van der Waals surface area contributed by atoms with Gasteiger partial charge in [0, 0.05) is 31.6 Å². The second-order valence-electron chi connectivity index (χ2n) is 9.11. The summed E-state index contributed by atoms with van der Waals surface area (Å²) in [6.07, 6.45) is 0.213. The number of anilines is 1. The van der Waals surface area contributed by atoms with Gasteiger partial charge in [0.05, 0.1) is 5.69 Å². The molecule has 3 N–H and O–H groups in total. The van der Waals surface area contributed by atoms with Gasteiger partial charge in [-0.1, -0.05) is 37.6 Å². The van der Waals surface area contributed by atoms with Crippen molar-refractivity contribution in [2.24, 2.45) is 5.92 Å². The molecule has 9 heteroatoms. The molecule has 2 aromatic rings. The average molecular weight is 504 g/mol. The van der Waals surface area contributed by atoms with Crippen LogP contribution in [0.15, 0.2) is 48.5 Å². The normalized spacial score (nSPS) is 17.6. The number of β-amino-alcohol motifs (C(OH)–C–C–N with tert-alkyl or cyclic N) is 1. The highest BCUT2D eigenvalue weighted by molar-refractivity contribution is 6.30. The zero-order valence-electron chi connectivity index (χ0n) is 20.4. The average Bonchev–Trinajstić information content (AvgIpc) is 3.24. The standard InChI is InChI=1S/C26H34ClN3O5/c1-17(2)25(28-18(3)31)26(33)29-23-6-4-5-7-24(23)34-16-20(32)14-30-13-12-22(15-30)35-21-10-8-19(27)9-11-21/h4-11,17,20,22,25,32H,12-16H2,1-3H3,(H,28,31)(H,29,33). The number of aliphatic hydroxyl groups is 1. The first-order chi connectivity index (χ1) is 16.7. The van der Waals surface area contributed by atoms with Crippen LogP contribution in [0.4, 0.5) is 5.69 Å². The largest absolute Gasteiger partial charge is 0.489 e. The summed E-state index contributed by atoms with van der Waals surface area (Å²) in [7, 11) is 0. The maximum Gasteiger partial charge on any atom is 0.247 e. The third kappa shape index (κ3) is 8.42. The predicted octanol–water partition coefficient (Wildman–Crippen LogP) is 3.33. The Kier molecular flexibility index (Phi) is 9.77. The van der Waals surface area contributed by atoms with E-state index < -0.39 is 12.1 Å². The molecule has 1 aliphatic rings. The van der Waals surface area contributed by atoms with Crippen LogP contribution >= 0.6 is 11.6 Å². The van der Waals surface area contributed by atoms with Gasteiger partial charge < -0.3 is 25.2 Å². The minimum atomic E-state index is -0.712. The van der Waals surface area contributed by atoms with Crippen molar-refractivity contribution in [3.05, 3.63) is 53.6 Å². The highest BCUT2D eigenvalue weighted by Gasteiger charge is 2.26. The topological polar surface area (TPSA) is 100 Å². The number of halogens is 1. The summed E-state index contributed by atoms with van der Waals surface area (Å²) in [5.74, 6) is 0.559. The fourth-order valence-electron chi connectivity index (χ4n) is 3.96. The molecular weight excluding hydrogens is 470 g/mol. The van der Waals surface area contributed by atoms with Crippen LogP contribution in [0.5, 0.6) is 11.5 Å². The zero-order valence-corrected chi connectivity index (χ0v) is 21.1. The van der Waals surface area contributed by atoms with Crippen molar-refractivity contribution in [1.29, 1.82) is 0 Å². The SMILES string of the molecule is CC(=O)NC(C(=O)Nc1ccccc1OCC(O)CN1CCC(Oc2ccc(Cl)cc2)C1)C(C)C. The third-order valence-electron chi connectivity index (χ3n) is 5.70. The Bertz CT molecular complexity index is 985. The lowest BCUT2D eigenvalue weighted by atomic mass is 10.0. The Labute approximate surface area is 211 Å². The van der Waals surface area contributed by atoms with E-state index in [0.29, 0.717) is 29.5 Å². The fraction of sp³-hybridized carbons (Fsp3) is 0.462. The number of para-hydroxylation sites is 2. The zero-order chi connectivity index (χ0) is 25.4. The van der Waals surface area contributed by atoms with Crippen molar-refractivity contribution in [1.82, 2.24) is 10.2 Å². The van der Waals surface area contributed by atoms with Crippen LogP contribution in [0.2, 0.25) is 5.02 Å². The van der Waals surface area contributed by atoms with Crippen molar-refractivity contribution < 1.29 is 24.2 Å². The molecule has 0 saturated carbocycles. The summed E-state index contributed by atoms with van der Waals surface area (Å²) < 4.78 is 11.8. The van der Waals surface area contributed by atoms with Gasteiger partial charge in [0.25, 0.3) is 0 Å². The quantitative estimate of drug-likeness (QED) is 0.435. The summed E-state index contributed by atoms with van der Waals surface area (Å²) >= 11 is 5.92. The van der Waals surface area contributed by atoms with E-state index in [9.17, 15) is 14.7 Å². The number of rotatable bonds is 11. The minimum absolute atomic E-state index is 0.0535. The van der Waals surface area contributed by atoms with E-state index in [1.807, 2.05) is 26.0 Å². The van der Waals surface area contributed by atoms with E-state index in [-0.39, 0.29) is 30.4 Å². The molecular formula is C26H34ClN3O5. The van der Waals surface area contributed by atoms with Crippen LogP contribution in [0.3, 0.4) is 0 Å². The summed E-state index contributed by atoms with van der Waals surface area (Å²) in [5, 5.41) is 16.7. The monoisotopic (exact) mass is 503 g/mol. The van der Waals surface area contributed by atoms with E-state index in [2.05, 4.69) is 15.5 Å². The van der Waals surface area contributed by atoms with Crippen molar-refractivity contribution in [3.8, 4) is 11.5 Å². The van der Waals surface area contributed by atoms with E-state index in [1.54, 1.807) is 36.4 Å². The molecule has 1 fully saturated rings. The van der Waals surface area contributed by atoms with Crippen molar-refractivity contribution in [2.45, 2.75) is 45.4 Å². The highest BCUT2D eigenvalue weighted by Crippen LogP contribution is 2.25. The van der Waals surface area contributed by atoms with Gasteiger partial charge in [-0.25, -0.2) is 0 Å². The lowest BCUT2D eigenvalue weighted by molar-refractivity contribution is -0.126. The molecule has 3 rings (SSSR count). The molecule has 1 aliphatic heterocycles. The number of carbonyl (C=O) groups is 2. The molecule has 1 saturated heterocycles. The Morgan fingerprint density at radius 2 is 1.89 bits per heavy atom. The van der Waals surface area contributed by atoms with Gasteiger partial charge in [0.1, 0.15) is 36.4 Å². The molecule has 1 heterocycles. The number of benzene rings is 2. The van der Waals surface area contributed by atoms with Crippen molar-refractivity contribution in [3.63, 3.8) is 0 Å². The Morgan fingerprint density at radius 1 is 1.17 bits per heavy atom. The van der Waals surface area contributed by atoms with Gasteiger partial charge >= 0.3 is 0 Å². The number of aliphatic hydroxyl groups excluding tert-OH is 1. The van der Waals surface area contributed by atoms with E-state index >= 15 is 0 Å². The molecule has 35 heavy (non-hydrogen) atoms. The fourth-order valence-corrected chi connectivity index (χ4v) is 4.09. The van der Waals surface area contributed by atoms with Crippen LogP contribution < -0.4 is 20.1 Å². The summed E-state index contributed by atoms with van der Waals surface area (Å²) in [4.78, 5) is 26.3. The second kappa shape index (κ2) is 12.8. The molecule has 3 unspecified atom stereocenters. The van der Waals surface area contributed by atoms with Gasteiger partial charge in [-0.2, -0.15) is 0 Å². The first kappa shape index (κ1) is 26.8. The molecule has 0 bridgehead atoms. The predicted molar refractivity (Wildman–Crippen MR) is 136 cm³/mol. The molecule has 0 radical (unpaired) electrons. The van der Waals surface area contributed by atoms with E-state index in [1.165, 1.54) is 6.92 Å². The van der Waals surface area contributed by atoms with Crippen molar-refractivity contribution >= 4 is 29.1 Å². The maximum absolute atomic E-state index is 12.7. The Balaban J connectivity index is 1.48. The molecule has 3 atom stereocenters. The minimum Gasteiger partial charge on any atom is -0.489 e. The lowest BCUT2D eigenvalue weighted by Gasteiger charge is -2.23. The Morgan fingerprint density at radius 3 is 2.57 bits per heavy atom. The molecule has 0 spiro atoms. The Hall–Kier alpha value is -2.81. The van der Waals surface area contributed by atoms with Crippen LogP contribution in [0.1, 0.15) is 27.2 Å². The molecule has 0 aliphatic carbocycles. The first-order valence-electron chi connectivity index (χ1n) is 11.8. The number of nitrogens with zero attached hydrogens (tertiary/aromatic N) is 1. The van der Waals surface area contributed by atoms with Gasteiger partial charge in [0.15, 0.2) is 0 Å². The molecule has 2 amide bonds. The molecule has 190 valence electrons. The number of ether oxygens (including phenoxy) is 2. The second-order valence-corrected chi connectivity index (χ2v) is 9.55. The van der Waals surface area contributed by atoms with Crippen LogP contribution in [-0.4, -0.2) is 66.3 Å². The van der Waals surface area contributed by atoms with E-state index in [4.69, 9.17) is 21.1 Å². The van der Waals surface area contributed by atoms with Crippen molar-refractivity contribution in [2.75, 3.05) is 31.6 Å². The van der Waals surface area contributed by atoms with Gasteiger partial charge in [0.2, 0.25) is 11.8 Å². The number of hydrogen-bond acceptors (Lipinski definition) is 6. The van der Waals surface area contributed by atoms with E-state index in [0.717, 1.165) is 18.7 Å². The smallest absolute Gasteiger partial charge is 0.247 e. The van der Waals surface area contributed by atoms with Gasteiger partial charge in [-0.15, -0.1) is 0 Å². The lowest BCUT2D eigenvalue weighted by Crippen LogP contribution is -2.46. The first-order valence-corrected chi connectivity index (χ1v) is 12.2. The third-order valence-corrected chi connectivity index (χ3v) is 5.95. The number of hydrogen-bond donors (Lipinski definition) is 3. The maximum atomic E-state index is 12.7. The van der Waals surface area contributed by atoms with Crippen LogP contribution in [-0.2, 0) is 9.59 Å². The molecule has 0 aromatic heterocycles. The van der Waals surface area contributed by atoms with Crippen LogP contribution in [0.25, 0.3) is 0 Å². The van der Waals surface area contributed by atoms with Gasteiger partial charge in [-0.3, -0.25) is 14.5 Å². The number of likely N-dealkylation sites (tertiary alicyclic amines) is 1. The number of amides is 2. The summed E-state index contributed by atoms with van der Waals surface area (Å²) in [5.41, 5.74) is 0.485. The number of nitrogens with one attached hydrogen (secondary N) is 2. The van der Waals surface area contributed by atoms with Gasteiger partial charge in [-0.05, 0) is 48.7 Å². The summed E-state index contributed by atoms with van der Waals surface area (Å²) in [6.45, 7) is 7.17.